The fourth-order valence-corrected chi connectivity index (χ4v) is 1.43. The molecule has 0 bridgehead atoms. The predicted molar refractivity (Wildman–Crippen MR) is 68.2 cm³/mol. The highest BCUT2D eigenvalue weighted by atomic mass is 16.5. The van der Waals surface area contributed by atoms with Crippen LogP contribution in [0.25, 0.3) is 0 Å². The van der Waals surface area contributed by atoms with Gasteiger partial charge in [0.25, 0.3) is 0 Å². The molecule has 0 saturated heterocycles. The van der Waals surface area contributed by atoms with Crippen molar-refractivity contribution in [2.45, 2.75) is 6.10 Å². The fourth-order valence-electron chi connectivity index (χ4n) is 1.43. The second-order valence-electron chi connectivity index (χ2n) is 3.68. The minimum atomic E-state index is -0.224. The zero-order valence-electron chi connectivity index (χ0n) is 9.58. The molecule has 0 saturated carbocycles. The molecule has 2 heteroatoms. The summed E-state index contributed by atoms with van der Waals surface area (Å²) in [7, 11) is 0. The van der Waals surface area contributed by atoms with E-state index in [9.17, 15) is 0 Å². The molecular weight excluding hydrogens is 212 g/mol. The van der Waals surface area contributed by atoms with Crippen molar-refractivity contribution in [1.82, 2.24) is 0 Å². The predicted octanol–water partition coefficient (Wildman–Crippen LogP) is 3.35. The van der Waals surface area contributed by atoms with Crippen molar-refractivity contribution in [2.75, 3.05) is 6.61 Å². The van der Waals surface area contributed by atoms with Crippen molar-refractivity contribution in [3.63, 3.8) is 0 Å². The molecular formula is C15H15O2. The normalized spacial score (nSPS) is 11.8. The molecule has 1 atom stereocenters. The van der Waals surface area contributed by atoms with E-state index < -0.39 is 0 Å². The summed E-state index contributed by atoms with van der Waals surface area (Å²) in [4.78, 5) is 0. The van der Waals surface area contributed by atoms with Crippen LogP contribution in [0.1, 0.15) is 0 Å². The smallest absolute Gasteiger partial charge is 0.133 e. The van der Waals surface area contributed by atoms with Crippen LogP contribution < -0.4 is 9.47 Å². The largest absolute Gasteiger partial charge is 0.490 e. The van der Waals surface area contributed by atoms with Gasteiger partial charge < -0.3 is 9.47 Å². The van der Waals surface area contributed by atoms with Gasteiger partial charge in [-0.25, -0.2) is 0 Å². The van der Waals surface area contributed by atoms with Gasteiger partial charge >= 0.3 is 0 Å². The maximum absolute atomic E-state index is 5.60. The van der Waals surface area contributed by atoms with Crippen molar-refractivity contribution in [3.05, 3.63) is 67.6 Å². The second kappa shape index (κ2) is 5.94. The molecule has 87 valence electrons. The van der Waals surface area contributed by atoms with Crippen LogP contribution in [0.3, 0.4) is 0 Å². The first kappa shape index (κ1) is 11.5. The van der Waals surface area contributed by atoms with Crippen LogP contribution in [0.15, 0.2) is 60.7 Å². The molecule has 2 aromatic carbocycles. The quantitative estimate of drug-likeness (QED) is 0.780. The monoisotopic (exact) mass is 227 g/mol. The Labute approximate surface area is 102 Å². The van der Waals surface area contributed by atoms with E-state index in [-0.39, 0.29) is 6.10 Å². The molecule has 0 aliphatic rings. The molecule has 17 heavy (non-hydrogen) atoms. The summed E-state index contributed by atoms with van der Waals surface area (Å²) in [5.41, 5.74) is 0. The number of ether oxygens (including phenoxy) is 2. The molecule has 0 aromatic heterocycles. The summed E-state index contributed by atoms with van der Waals surface area (Å²) in [6, 6.07) is 19.3. The van der Waals surface area contributed by atoms with Crippen molar-refractivity contribution in [2.24, 2.45) is 0 Å². The molecule has 2 nitrogen and oxygen atoms in total. The maximum Gasteiger partial charge on any atom is 0.133 e. The Bertz CT molecular complexity index is 425. The van der Waals surface area contributed by atoms with E-state index in [1.54, 1.807) is 0 Å². The molecule has 1 radical (unpaired) electrons. The summed E-state index contributed by atoms with van der Waals surface area (Å²) in [5.74, 6) is 1.64. The number of benzene rings is 2. The number of hydrogen-bond acceptors (Lipinski definition) is 2. The highest BCUT2D eigenvalue weighted by Crippen LogP contribution is 2.12. The molecule has 0 aliphatic carbocycles. The minimum absolute atomic E-state index is 0.224. The van der Waals surface area contributed by atoms with Gasteiger partial charge in [0, 0.05) is 0 Å². The van der Waals surface area contributed by atoms with Crippen molar-refractivity contribution < 1.29 is 9.47 Å². The van der Waals surface area contributed by atoms with Crippen molar-refractivity contribution >= 4 is 0 Å². The average Bonchev–Trinajstić information content (AvgIpc) is 2.39. The SMILES string of the molecule is [CH2]C(COc1ccccc1)Oc1ccccc1. The lowest BCUT2D eigenvalue weighted by Gasteiger charge is -2.15. The molecule has 2 aromatic rings. The van der Waals surface area contributed by atoms with Gasteiger partial charge in [-0.3, -0.25) is 0 Å². The van der Waals surface area contributed by atoms with Gasteiger partial charge in [-0.15, -0.1) is 0 Å². The molecule has 0 heterocycles. The van der Waals surface area contributed by atoms with E-state index in [1.165, 1.54) is 0 Å². The van der Waals surface area contributed by atoms with Gasteiger partial charge in [-0.05, 0) is 31.2 Å². The summed E-state index contributed by atoms with van der Waals surface area (Å²) in [6.45, 7) is 4.33. The van der Waals surface area contributed by atoms with E-state index in [0.717, 1.165) is 11.5 Å². The molecule has 0 spiro atoms. The van der Waals surface area contributed by atoms with Crippen LogP contribution in [0, 0.1) is 6.92 Å². The highest BCUT2D eigenvalue weighted by molar-refractivity contribution is 5.22. The third-order valence-corrected chi connectivity index (χ3v) is 2.23. The summed E-state index contributed by atoms with van der Waals surface area (Å²) in [6.07, 6.45) is -0.224. The van der Waals surface area contributed by atoms with Gasteiger partial charge in [0.05, 0.1) is 0 Å². The van der Waals surface area contributed by atoms with Crippen LogP contribution in [0.4, 0.5) is 0 Å². The lowest BCUT2D eigenvalue weighted by Crippen LogP contribution is -2.21. The third-order valence-electron chi connectivity index (χ3n) is 2.23. The zero-order valence-corrected chi connectivity index (χ0v) is 9.58. The Morgan fingerprint density at radius 2 is 1.35 bits per heavy atom. The van der Waals surface area contributed by atoms with Gasteiger partial charge in [-0.2, -0.15) is 0 Å². The molecule has 0 amide bonds. The van der Waals surface area contributed by atoms with Crippen molar-refractivity contribution in [1.29, 1.82) is 0 Å². The standard InChI is InChI=1S/C15H15O2/c1-13(17-15-10-6-3-7-11-15)12-16-14-8-4-2-5-9-14/h2-11,13H,1,12H2. The molecule has 1 unspecified atom stereocenters. The first-order chi connectivity index (χ1) is 8.34. The van der Waals surface area contributed by atoms with Crippen molar-refractivity contribution in [3.8, 4) is 11.5 Å². The van der Waals surface area contributed by atoms with E-state index in [0.29, 0.717) is 6.61 Å². The average molecular weight is 227 g/mol. The lowest BCUT2D eigenvalue weighted by atomic mass is 10.3. The molecule has 0 aliphatic heterocycles. The molecule has 0 fully saturated rings. The van der Waals surface area contributed by atoms with E-state index >= 15 is 0 Å². The van der Waals surface area contributed by atoms with Gasteiger partial charge in [0.1, 0.15) is 24.2 Å². The Morgan fingerprint density at radius 3 is 1.94 bits per heavy atom. The molecule has 2 rings (SSSR count). The lowest BCUT2D eigenvalue weighted by molar-refractivity contribution is 0.162. The summed E-state index contributed by atoms with van der Waals surface area (Å²) < 4.78 is 11.2. The maximum atomic E-state index is 5.60. The van der Waals surface area contributed by atoms with Crippen LogP contribution >= 0.6 is 0 Å². The Balaban J connectivity index is 1.80. The van der Waals surface area contributed by atoms with Gasteiger partial charge in [0.15, 0.2) is 0 Å². The number of para-hydroxylation sites is 2. The first-order valence-electron chi connectivity index (χ1n) is 5.57. The highest BCUT2D eigenvalue weighted by Gasteiger charge is 2.04. The Morgan fingerprint density at radius 1 is 0.824 bits per heavy atom. The third kappa shape index (κ3) is 3.83. The molecule has 0 N–H and O–H groups in total. The number of hydrogen-bond donors (Lipinski definition) is 0. The topological polar surface area (TPSA) is 18.5 Å². The van der Waals surface area contributed by atoms with E-state index in [2.05, 4.69) is 6.92 Å². The second-order valence-corrected chi connectivity index (χ2v) is 3.68. The van der Waals surface area contributed by atoms with Crippen LogP contribution in [-0.4, -0.2) is 12.7 Å². The number of rotatable bonds is 5. The first-order valence-corrected chi connectivity index (χ1v) is 5.57. The fraction of sp³-hybridized carbons (Fsp3) is 0.133. The summed E-state index contributed by atoms with van der Waals surface area (Å²) in [5, 5.41) is 0. The Kier molecular flexibility index (Phi) is 4.03. The van der Waals surface area contributed by atoms with Gasteiger partial charge in [0.2, 0.25) is 0 Å². The van der Waals surface area contributed by atoms with Crippen LogP contribution in [0.2, 0.25) is 0 Å². The zero-order chi connectivity index (χ0) is 11.9. The van der Waals surface area contributed by atoms with Gasteiger partial charge in [-0.1, -0.05) is 36.4 Å². The Hall–Kier alpha value is -1.96. The summed E-state index contributed by atoms with van der Waals surface area (Å²) >= 11 is 0. The minimum Gasteiger partial charge on any atom is -0.490 e. The van der Waals surface area contributed by atoms with E-state index in [4.69, 9.17) is 9.47 Å². The van der Waals surface area contributed by atoms with Crippen LogP contribution in [-0.2, 0) is 0 Å². The van der Waals surface area contributed by atoms with E-state index in [1.807, 2.05) is 60.7 Å². The van der Waals surface area contributed by atoms with Crippen LogP contribution in [0.5, 0.6) is 11.5 Å².